The van der Waals surface area contributed by atoms with Crippen molar-refractivity contribution >= 4 is 29.1 Å². The highest BCUT2D eigenvalue weighted by molar-refractivity contribution is 7.80. The van der Waals surface area contributed by atoms with Crippen LogP contribution in [0.5, 0.6) is 0 Å². The lowest BCUT2D eigenvalue weighted by atomic mass is 10.3. The fourth-order valence-electron chi connectivity index (χ4n) is 1.61. The monoisotopic (exact) mass is 267 g/mol. The Morgan fingerprint density at radius 3 is 3.00 bits per heavy atom. The van der Waals surface area contributed by atoms with E-state index >= 15 is 0 Å². The molecule has 1 saturated heterocycles. The minimum Gasteiger partial charge on any atom is -0.467 e. The maximum absolute atomic E-state index is 11.7. The third-order valence-corrected chi connectivity index (χ3v) is 2.90. The van der Waals surface area contributed by atoms with Gasteiger partial charge in [-0.1, -0.05) is 0 Å². The first kappa shape index (κ1) is 12.6. The summed E-state index contributed by atoms with van der Waals surface area (Å²) >= 11 is 4.97. The van der Waals surface area contributed by atoms with E-state index in [4.69, 9.17) is 16.6 Å². The summed E-state index contributed by atoms with van der Waals surface area (Å²) in [6.07, 6.45) is 1.53. The SMILES string of the molecule is C[C@H]1NC(=S)N(CC(=O)NCc2ccco2)C1=O. The molecule has 2 rings (SSSR count). The molecule has 96 valence electrons. The van der Waals surface area contributed by atoms with E-state index in [1.54, 1.807) is 19.1 Å². The number of nitrogens with one attached hydrogen (secondary N) is 2. The summed E-state index contributed by atoms with van der Waals surface area (Å²) in [5.41, 5.74) is 0. The quantitative estimate of drug-likeness (QED) is 0.751. The van der Waals surface area contributed by atoms with Crippen molar-refractivity contribution in [3.8, 4) is 0 Å². The van der Waals surface area contributed by atoms with Gasteiger partial charge in [0, 0.05) is 0 Å². The fourth-order valence-corrected chi connectivity index (χ4v) is 1.94. The Kier molecular flexibility index (Phi) is 3.61. The molecule has 0 aliphatic carbocycles. The third kappa shape index (κ3) is 2.67. The molecule has 1 aromatic heterocycles. The van der Waals surface area contributed by atoms with Crippen LogP contribution in [0.4, 0.5) is 0 Å². The summed E-state index contributed by atoms with van der Waals surface area (Å²) < 4.78 is 5.08. The van der Waals surface area contributed by atoms with Gasteiger partial charge in [-0.3, -0.25) is 14.5 Å². The predicted molar refractivity (Wildman–Crippen MR) is 67.5 cm³/mol. The molecule has 18 heavy (non-hydrogen) atoms. The smallest absolute Gasteiger partial charge is 0.251 e. The average molecular weight is 267 g/mol. The zero-order valence-electron chi connectivity index (χ0n) is 9.80. The number of hydrogen-bond donors (Lipinski definition) is 2. The number of rotatable bonds is 4. The molecule has 0 saturated carbocycles. The van der Waals surface area contributed by atoms with E-state index in [9.17, 15) is 9.59 Å². The maximum atomic E-state index is 11.7. The van der Waals surface area contributed by atoms with Crippen LogP contribution < -0.4 is 10.6 Å². The van der Waals surface area contributed by atoms with Gasteiger partial charge in [-0.05, 0) is 31.3 Å². The fraction of sp³-hybridized carbons (Fsp3) is 0.364. The van der Waals surface area contributed by atoms with Crippen LogP contribution in [0.15, 0.2) is 22.8 Å². The summed E-state index contributed by atoms with van der Waals surface area (Å²) in [4.78, 5) is 24.6. The minimum absolute atomic E-state index is 0.0737. The molecule has 0 aromatic carbocycles. The van der Waals surface area contributed by atoms with Crippen LogP contribution in [0.3, 0.4) is 0 Å². The zero-order valence-corrected chi connectivity index (χ0v) is 10.6. The first-order chi connectivity index (χ1) is 8.58. The number of thiocarbonyl (C=S) groups is 1. The maximum Gasteiger partial charge on any atom is 0.251 e. The van der Waals surface area contributed by atoms with Crippen LogP contribution in [0.2, 0.25) is 0 Å². The lowest BCUT2D eigenvalue weighted by Gasteiger charge is -2.13. The second-order valence-electron chi connectivity index (χ2n) is 3.95. The van der Waals surface area contributed by atoms with Gasteiger partial charge in [0.05, 0.1) is 12.8 Å². The average Bonchev–Trinajstić information content (AvgIpc) is 2.92. The highest BCUT2D eigenvalue weighted by atomic mass is 32.1. The van der Waals surface area contributed by atoms with Gasteiger partial charge in [-0.15, -0.1) is 0 Å². The van der Waals surface area contributed by atoms with E-state index in [2.05, 4.69) is 10.6 Å². The molecule has 6 nitrogen and oxygen atoms in total. The number of hydrogen-bond acceptors (Lipinski definition) is 4. The van der Waals surface area contributed by atoms with E-state index in [1.807, 2.05) is 0 Å². The summed E-state index contributed by atoms with van der Waals surface area (Å²) in [5.74, 6) is 0.191. The van der Waals surface area contributed by atoms with Gasteiger partial charge in [0.15, 0.2) is 5.11 Å². The number of carbonyl (C=O) groups excluding carboxylic acids is 2. The minimum atomic E-state index is -0.365. The lowest BCUT2D eigenvalue weighted by molar-refractivity contribution is -0.131. The van der Waals surface area contributed by atoms with Crippen LogP contribution in [0, 0.1) is 0 Å². The van der Waals surface area contributed by atoms with E-state index in [0.29, 0.717) is 17.4 Å². The van der Waals surface area contributed by atoms with Gasteiger partial charge in [-0.25, -0.2) is 0 Å². The Hall–Kier alpha value is -1.89. The van der Waals surface area contributed by atoms with Gasteiger partial charge in [0.2, 0.25) is 5.91 Å². The number of furan rings is 1. The first-order valence-corrected chi connectivity index (χ1v) is 5.89. The van der Waals surface area contributed by atoms with Crippen molar-refractivity contribution in [1.82, 2.24) is 15.5 Å². The molecule has 1 fully saturated rings. The molecule has 7 heteroatoms. The van der Waals surface area contributed by atoms with Crippen molar-refractivity contribution in [2.45, 2.75) is 19.5 Å². The van der Waals surface area contributed by atoms with Gasteiger partial charge < -0.3 is 15.1 Å². The molecule has 0 unspecified atom stereocenters. The van der Waals surface area contributed by atoms with Crippen LogP contribution >= 0.6 is 12.2 Å². The van der Waals surface area contributed by atoms with E-state index < -0.39 is 0 Å². The van der Waals surface area contributed by atoms with Crippen molar-refractivity contribution in [3.05, 3.63) is 24.2 Å². The van der Waals surface area contributed by atoms with Gasteiger partial charge in [-0.2, -0.15) is 0 Å². The Morgan fingerprint density at radius 2 is 2.44 bits per heavy atom. The number of nitrogens with zero attached hydrogens (tertiary/aromatic N) is 1. The van der Waals surface area contributed by atoms with Crippen molar-refractivity contribution < 1.29 is 14.0 Å². The van der Waals surface area contributed by atoms with Crippen LogP contribution in [0.1, 0.15) is 12.7 Å². The summed E-state index contributed by atoms with van der Waals surface area (Å²) in [7, 11) is 0. The molecule has 1 aromatic rings. The molecule has 2 heterocycles. The molecule has 0 spiro atoms. The van der Waals surface area contributed by atoms with E-state index in [-0.39, 0.29) is 24.4 Å². The van der Waals surface area contributed by atoms with Crippen LogP contribution in [-0.4, -0.2) is 34.4 Å². The Morgan fingerprint density at radius 1 is 1.67 bits per heavy atom. The van der Waals surface area contributed by atoms with E-state index in [0.717, 1.165) is 0 Å². The first-order valence-electron chi connectivity index (χ1n) is 5.49. The van der Waals surface area contributed by atoms with Gasteiger partial charge >= 0.3 is 0 Å². The standard InChI is InChI=1S/C11H13N3O3S/c1-7-10(16)14(11(18)13-7)6-9(15)12-5-8-3-2-4-17-8/h2-4,7H,5-6H2,1H3,(H,12,15)(H,13,18)/t7-/m1/s1. The normalized spacial score (nSPS) is 18.9. The highest BCUT2D eigenvalue weighted by Crippen LogP contribution is 2.05. The summed E-state index contributed by atoms with van der Waals surface area (Å²) in [6, 6.07) is 3.14. The largest absolute Gasteiger partial charge is 0.467 e. The van der Waals surface area contributed by atoms with Crippen molar-refractivity contribution in [3.63, 3.8) is 0 Å². The molecule has 0 bridgehead atoms. The molecule has 2 amide bonds. The Balaban J connectivity index is 1.84. The van der Waals surface area contributed by atoms with Gasteiger partial charge in [0.25, 0.3) is 5.91 Å². The van der Waals surface area contributed by atoms with Crippen LogP contribution in [0.25, 0.3) is 0 Å². The lowest BCUT2D eigenvalue weighted by Crippen LogP contribution is -2.40. The van der Waals surface area contributed by atoms with Crippen LogP contribution in [-0.2, 0) is 16.1 Å². The second kappa shape index (κ2) is 5.18. The molecular formula is C11H13N3O3S. The van der Waals surface area contributed by atoms with Crippen molar-refractivity contribution in [2.24, 2.45) is 0 Å². The van der Waals surface area contributed by atoms with Crippen molar-refractivity contribution in [2.75, 3.05) is 6.54 Å². The number of carbonyl (C=O) groups is 2. The Bertz CT molecular complexity index is 472. The topological polar surface area (TPSA) is 74.6 Å². The van der Waals surface area contributed by atoms with E-state index in [1.165, 1.54) is 11.2 Å². The van der Waals surface area contributed by atoms with Crippen molar-refractivity contribution in [1.29, 1.82) is 0 Å². The predicted octanol–water partition coefficient (Wildman–Crippen LogP) is 0.001000. The molecule has 1 atom stereocenters. The van der Waals surface area contributed by atoms with Gasteiger partial charge in [0.1, 0.15) is 18.3 Å². The summed E-state index contributed by atoms with van der Waals surface area (Å²) in [6.45, 7) is 1.93. The molecule has 2 N–H and O–H groups in total. The highest BCUT2D eigenvalue weighted by Gasteiger charge is 2.33. The Labute approximate surface area is 109 Å². The second-order valence-corrected chi connectivity index (χ2v) is 4.34. The molecular weight excluding hydrogens is 254 g/mol. The summed E-state index contributed by atoms with van der Waals surface area (Å²) in [5, 5.41) is 5.75. The third-order valence-electron chi connectivity index (χ3n) is 2.56. The molecule has 0 radical (unpaired) electrons. The molecule has 1 aliphatic heterocycles. The number of amides is 2. The zero-order chi connectivity index (χ0) is 13.1. The molecule has 1 aliphatic rings.